The molecular formula is C7H7N3O2. The molecular weight excluding hydrogens is 158 g/mol. The Balaban J connectivity index is 3.03. The van der Waals surface area contributed by atoms with Crippen molar-refractivity contribution in [3.63, 3.8) is 0 Å². The molecule has 0 aromatic carbocycles. The van der Waals surface area contributed by atoms with E-state index < -0.39 is 5.91 Å². The van der Waals surface area contributed by atoms with Gasteiger partial charge in [-0.15, -0.1) is 0 Å². The second kappa shape index (κ2) is 3.47. The molecule has 0 atom stereocenters. The monoisotopic (exact) mass is 165 g/mol. The van der Waals surface area contributed by atoms with Gasteiger partial charge >= 0.3 is 0 Å². The summed E-state index contributed by atoms with van der Waals surface area (Å²) in [5, 5.41) is 10.9. The summed E-state index contributed by atoms with van der Waals surface area (Å²) in [6.07, 6.45) is 2.53. The molecule has 12 heavy (non-hydrogen) atoms. The highest BCUT2D eigenvalue weighted by Crippen LogP contribution is 1.98. The van der Waals surface area contributed by atoms with Gasteiger partial charge in [0.05, 0.1) is 11.9 Å². The lowest BCUT2D eigenvalue weighted by Gasteiger charge is -1.94. The van der Waals surface area contributed by atoms with E-state index in [0.717, 1.165) is 6.21 Å². The van der Waals surface area contributed by atoms with Crippen LogP contribution in [0.15, 0.2) is 23.5 Å². The van der Waals surface area contributed by atoms with E-state index in [0.29, 0.717) is 11.3 Å². The minimum atomic E-state index is -0.537. The first-order valence-corrected chi connectivity index (χ1v) is 3.17. The van der Waals surface area contributed by atoms with Crippen molar-refractivity contribution in [3.05, 3.63) is 29.6 Å². The number of aromatic nitrogens is 1. The highest BCUT2D eigenvalue weighted by atomic mass is 16.4. The summed E-state index contributed by atoms with van der Waals surface area (Å²) < 4.78 is 0. The van der Waals surface area contributed by atoms with Crippen molar-refractivity contribution in [2.45, 2.75) is 0 Å². The number of oxime groups is 1. The first-order valence-electron chi connectivity index (χ1n) is 3.17. The molecule has 3 N–H and O–H groups in total. The number of pyridine rings is 1. The van der Waals surface area contributed by atoms with Gasteiger partial charge in [-0.2, -0.15) is 0 Å². The fourth-order valence-electron chi connectivity index (χ4n) is 0.731. The van der Waals surface area contributed by atoms with E-state index in [1.165, 1.54) is 18.3 Å². The fourth-order valence-corrected chi connectivity index (χ4v) is 0.731. The number of carbonyl (C=O) groups excluding carboxylic acids is 1. The minimum absolute atomic E-state index is 0.333. The average molecular weight is 165 g/mol. The van der Waals surface area contributed by atoms with Gasteiger partial charge in [0, 0.05) is 11.8 Å². The molecule has 62 valence electrons. The van der Waals surface area contributed by atoms with Crippen molar-refractivity contribution in [3.8, 4) is 0 Å². The zero-order chi connectivity index (χ0) is 8.97. The summed E-state index contributed by atoms with van der Waals surface area (Å²) >= 11 is 0. The molecule has 0 unspecified atom stereocenters. The van der Waals surface area contributed by atoms with Gasteiger partial charge in [0.2, 0.25) is 5.91 Å². The third kappa shape index (κ3) is 1.79. The first-order chi connectivity index (χ1) is 5.74. The van der Waals surface area contributed by atoms with E-state index in [9.17, 15) is 4.79 Å². The molecule has 0 radical (unpaired) electrons. The third-order valence-electron chi connectivity index (χ3n) is 1.26. The third-order valence-corrected chi connectivity index (χ3v) is 1.26. The summed E-state index contributed by atoms with van der Waals surface area (Å²) in [7, 11) is 0. The molecule has 0 saturated carbocycles. The van der Waals surface area contributed by atoms with E-state index in [1.54, 1.807) is 0 Å². The van der Waals surface area contributed by atoms with Gasteiger partial charge in [0.25, 0.3) is 0 Å². The Morgan fingerprint density at radius 1 is 1.75 bits per heavy atom. The standard InChI is InChI=1S/C7H7N3O2/c8-7(11)5-1-2-9-6(3-5)4-10-12/h1-4,12H,(H2,8,11). The van der Waals surface area contributed by atoms with Crippen LogP contribution in [-0.4, -0.2) is 22.3 Å². The second-order valence-electron chi connectivity index (χ2n) is 2.08. The maximum absolute atomic E-state index is 10.6. The van der Waals surface area contributed by atoms with Crippen LogP contribution in [0.25, 0.3) is 0 Å². The summed E-state index contributed by atoms with van der Waals surface area (Å²) in [5.41, 5.74) is 5.72. The number of rotatable bonds is 2. The molecule has 0 aliphatic rings. The number of primary amides is 1. The zero-order valence-electron chi connectivity index (χ0n) is 6.14. The highest BCUT2D eigenvalue weighted by molar-refractivity contribution is 5.94. The van der Waals surface area contributed by atoms with Crippen LogP contribution in [-0.2, 0) is 0 Å². The number of hydrogen-bond donors (Lipinski definition) is 2. The van der Waals surface area contributed by atoms with Crippen molar-refractivity contribution in [1.29, 1.82) is 0 Å². The molecule has 5 nitrogen and oxygen atoms in total. The Morgan fingerprint density at radius 2 is 2.50 bits per heavy atom. The molecule has 1 amide bonds. The van der Waals surface area contributed by atoms with Crippen LogP contribution in [0.3, 0.4) is 0 Å². The van der Waals surface area contributed by atoms with E-state index in [4.69, 9.17) is 10.9 Å². The van der Waals surface area contributed by atoms with Crippen LogP contribution in [0.1, 0.15) is 16.1 Å². The lowest BCUT2D eigenvalue weighted by atomic mass is 10.2. The van der Waals surface area contributed by atoms with Gasteiger partial charge in [0.1, 0.15) is 0 Å². The smallest absolute Gasteiger partial charge is 0.248 e. The number of amides is 1. The van der Waals surface area contributed by atoms with Crippen molar-refractivity contribution < 1.29 is 10.0 Å². The van der Waals surface area contributed by atoms with Gasteiger partial charge in [0.15, 0.2) is 0 Å². The van der Waals surface area contributed by atoms with Gasteiger partial charge in [-0.05, 0) is 12.1 Å². The Morgan fingerprint density at radius 3 is 3.08 bits per heavy atom. The van der Waals surface area contributed by atoms with Gasteiger partial charge in [-0.1, -0.05) is 5.16 Å². The maximum atomic E-state index is 10.6. The number of nitrogens with zero attached hydrogens (tertiary/aromatic N) is 2. The maximum Gasteiger partial charge on any atom is 0.248 e. The SMILES string of the molecule is NC(=O)c1ccnc(C=NO)c1. The summed E-state index contributed by atoms with van der Waals surface area (Å²) in [6, 6.07) is 2.92. The van der Waals surface area contributed by atoms with Crippen LogP contribution in [0, 0.1) is 0 Å². The lowest BCUT2D eigenvalue weighted by molar-refractivity contribution is 0.1000. The van der Waals surface area contributed by atoms with E-state index >= 15 is 0 Å². The summed E-state index contributed by atoms with van der Waals surface area (Å²) in [6.45, 7) is 0. The second-order valence-corrected chi connectivity index (χ2v) is 2.08. The van der Waals surface area contributed by atoms with Crippen molar-refractivity contribution in [1.82, 2.24) is 4.98 Å². The van der Waals surface area contributed by atoms with Gasteiger partial charge in [-0.25, -0.2) is 0 Å². The molecule has 1 aromatic rings. The van der Waals surface area contributed by atoms with E-state index in [2.05, 4.69) is 10.1 Å². The Bertz CT molecular complexity index is 322. The average Bonchev–Trinajstić information content (AvgIpc) is 2.05. The highest BCUT2D eigenvalue weighted by Gasteiger charge is 1.99. The van der Waals surface area contributed by atoms with Gasteiger partial charge in [-0.3, -0.25) is 9.78 Å². The molecule has 5 heteroatoms. The van der Waals surface area contributed by atoms with Crippen molar-refractivity contribution >= 4 is 12.1 Å². The van der Waals surface area contributed by atoms with Gasteiger partial charge < -0.3 is 10.9 Å². The molecule has 0 spiro atoms. The first kappa shape index (κ1) is 8.19. The van der Waals surface area contributed by atoms with Crippen LogP contribution >= 0.6 is 0 Å². The molecule has 0 saturated heterocycles. The molecule has 0 bridgehead atoms. The number of carbonyl (C=O) groups is 1. The molecule has 0 aliphatic heterocycles. The Kier molecular flexibility index (Phi) is 2.37. The molecule has 1 aromatic heterocycles. The van der Waals surface area contributed by atoms with Crippen LogP contribution in [0.2, 0.25) is 0 Å². The van der Waals surface area contributed by atoms with Crippen LogP contribution in [0.5, 0.6) is 0 Å². The minimum Gasteiger partial charge on any atom is -0.411 e. The molecule has 1 heterocycles. The predicted octanol–water partition coefficient (Wildman–Crippen LogP) is -0.0114. The molecule has 0 fully saturated rings. The predicted molar refractivity (Wildman–Crippen MR) is 42.1 cm³/mol. The zero-order valence-corrected chi connectivity index (χ0v) is 6.14. The van der Waals surface area contributed by atoms with Crippen LogP contribution < -0.4 is 5.73 Å². The largest absolute Gasteiger partial charge is 0.411 e. The van der Waals surface area contributed by atoms with E-state index in [-0.39, 0.29) is 0 Å². The fraction of sp³-hybridized carbons (Fsp3) is 0. The quantitative estimate of drug-likeness (QED) is 0.367. The van der Waals surface area contributed by atoms with Crippen LogP contribution in [0.4, 0.5) is 0 Å². The summed E-state index contributed by atoms with van der Waals surface area (Å²) in [4.78, 5) is 14.4. The molecule has 1 rings (SSSR count). The molecule has 0 aliphatic carbocycles. The Hall–Kier alpha value is -1.91. The number of hydrogen-bond acceptors (Lipinski definition) is 4. The lowest BCUT2D eigenvalue weighted by Crippen LogP contribution is -2.11. The topological polar surface area (TPSA) is 88.6 Å². The number of nitrogens with two attached hydrogens (primary N) is 1. The van der Waals surface area contributed by atoms with E-state index in [1.807, 2.05) is 0 Å². The van der Waals surface area contributed by atoms with Crippen molar-refractivity contribution in [2.75, 3.05) is 0 Å². The summed E-state index contributed by atoms with van der Waals surface area (Å²) in [5.74, 6) is -0.537. The Labute approximate surface area is 68.5 Å². The van der Waals surface area contributed by atoms with Crippen molar-refractivity contribution in [2.24, 2.45) is 10.9 Å². The normalized spacial score (nSPS) is 10.3.